The highest BCUT2D eigenvalue weighted by atomic mass is 16.6. The normalized spacial score (nSPS) is 22.2. The van der Waals surface area contributed by atoms with Gasteiger partial charge in [0, 0.05) is 17.0 Å². The lowest BCUT2D eigenvalue weighted by molar-refractivity contribution is -0.173. The van der Waals surface area contributed by atoms with Gasteiger partial charge in [-0.05, 0) is 45.9 Å². The first-order valence-electron chi connectivity index (χ1n) is 8.02. The summed E-state index contributed by atoms with van der Waals surface area (Å²) in [5, 5.41) is 11.6. The summed E-state index contributed by atoms with van der Waals surface area (Å²) in [5.74, 6) is -0.136. The highest BCUT2D eigenvalue weighted by Gasteiger charge is 2.47. The summed E-state index contributed by atoms with van der Waals surface area (Å²) in [5.41, 5.74) is -0.518. The Balaban J connectivity index is 2.12. The van der Waals surface area contributed by atoms with E-state index in [4.69, 9.17) is 13.9 Å². The van der Waals surface area contributed by atoms with Crippen LogP contribution in [-0.2, 0) is 9.53 Å². The molecule has 0 unspecified atom stereocenters. The number of ether oxygens (including phenoxy) is 2. The molecule has 1 aliphatic heterocycles. The molecule has 132 valence electrons. The maximum absolute atomic E-state index is 12.2. The minimum atomic E-state index is -1.19. The van der Waals surface area contributed by atoms with E-state index in [0.717, 1.165) is 0 Å². The molecule has 0 bridgehead atoms. The predicted molar refractivity (Wildman–Crippen MR) is 91.5 cm³/mol. The smallest absolute Gasteiger partial charge is 0.336 e. The van der Waals surface area contributed by atoms with E-state index in [1.807, 2.05) is 0 Å². The van der Waals surface area contributed by atoms with Crippen LogP contribution in [0.3, 0.4) is 0 Å². The molecule has 0 fully saturated rings. The van der Waals surface area contributed by atoms with E-state index >= 15 is 0 Å². The van der Waals surface area contributed by atoms with E-state index in [2.05, 4.69) is 0 Å². The lowest BCUT2D eigenvalue weighted by Gasteiger charge is -2.42. The molecule has 1 aromatic heterocycles. The number of carbonyl (C=O) groups excluding carboxylic acids is 1. The van der Waals surface area contributed by atoms with Crippen molar-refractivity contribution in [2.75, 3.05) is 0 Å². The van der Waals surface area contributed by atoms with Crippen LogP contribution >= 0.6 is 0 Å². The maximum Gasteiger partial charge on any atom is 0.336 e. The molecule has 6 heteroatoms. The molecule has 3 rings (SSSR count). The van der Waals surface area contributed by atoms with Crippen LogP contribution in [0.4, 0.5) is 0 Å². The predicted octanol–water partition coefficient (Wildman–Crippen LogP) is 2.88. The number of carbonyl (C=O) groups is 1. The van der Waals surface area contributed by atoms with Crippen molar-refractivity contribution in [3.05, 3.63) is 51.9 Å². The summed E-state index contributed by atoms with van der Waals surface area (Å²) in [7, 11) is 0. The summed E-state index contributed by atoms with van der Waals surface area (Å²) in [4.78, 5) is 23.8. The Bertz CT molecular complexity index is 921. The fourth-order valence-electron chi connectivity index (χ4n) is 2.91. The molecule has 0 radical (unpaired) electrons. The molecule has 1 aromatic carbocycles. The van der Waals surface area contributed by atoms with Crippen molar-refractivity contribution in [1.29, 1.82) is 0 Å². The molecule has 6 nitrogen and oxygen atoms in total. The van der Waals surface area contributed by atoms with Gasteiger partial charge in [0.15, 0.2) is 6.10 Å². The highest BCUT2D eigenvalue weighted by Crippen LogP contribution is 2.44. The lowest BCUT2D eigenvalue weighted by Crippen LogP contribution is -2.51. The Morgan fingerprint density at radius 1 is 1.28 bits per heavy atom. The van der Waals surface area contributed by atoms with Crippen molar-refractivity contribution in [2.24, 2.45) is 0 Å². The van der Waals surface area contributed by atoms with Gasteiger partial charge >= 0.3 is 11.6 Å². The Hall–Kier alpha value is -2.60. The first-order chi connectivity index (χ1) is 11.7. The van der Waals surface area contributed by atoms with Crippen LogP contribution in [0.2, 0.25) is 0 Å². The van der Waals surface area contributed by atoms with Gasteiger partial charge < -0.3 is 19.0 Å². The van der Waals surface area contributed by atoms with Gasteiger partial charge in [-0.1, -0.05) is 6.08 Å². The molecule has 0 saturated heterocycles. The van der Waals surface area contributed by atoms with Crippen molar-refractivity contribution < 1.29 is 23.8 Å². The number of esters is 1. The second-order valence-electron chi connectivity index (χ2n) is 6.60. The van der Waals surface area contributed by atoms with Gasteiger partial charge in [0.2, 0.25) is 0 Å². The van der Waals surface area contributed by atoms with Crippen LogP contribution in [0.15, 0.2) is 45.1 Å². The molecule has 0 saturated carbocycles. The van der Waals surface area contributed by atoms with Gasteiger partial charge in [-0.2, -0.15) is 0 Å². The molecular weight excluding hydrogens is 324 g/mol. The Morgan fingerprint density at radius 2 is 1.96 bits per heavy atom. The lowest BCUT2D eigenvalue weighted by atomic mass is 9.87. The molecule has 2 aromatic rings. The monoisotopic (exact) mass is 344 g/mol. The van der Waals surface area contributed by atoms with E-state index in [9.17, 15) is 14.7 Å². The third-order valence-corrected chi connectivity index (χ3v) is 4.42. The third kappa shape index (κ3) is 2.93. The third-order valence-electron chi connectivity index (χ3n) is 4.42. The number of aliphatic hydroxyl groups excluding tert-OH is 1. The maximum atomic E-state index is 12.2. The summed E-state index contributed by atoms with van der Waals surface area (Å²) in [6, 6.07) is 6.37. The zero-order chi connectivity index (χ0) is 18.4. The molecule has 2 atom stereocenters. The number of hydrogen-bond acceptors (Lipinski definition) is 6. The van der Waals surface area contributed by atoms with Crippen LogP contribution in [0, 0.1) is 0 Å². The van der Waals surface area contributed by atoms with Crippen LogP contribution < -0.4 is 10.4 Å². The fraction of sp³-hybridized carbons (Fsp3) is 0.368. The number of aliphatic hydroxyl groups is 1. The van der Waals surface area contributed by atoms with Crippen molar-refractivity contribution in [3.8, 4) is 5.75 Å². The molecule has 25 heavy (non-hydrogen) atoms. The van der Waals surface area contributed by atoms with E-state index in [1.165, 1.54) is 6.07 Å². The molecular formula is C19H20O6. The summed E-state index contributed by atoms with van der Waals surface area (Å²) < 4.78 is 16.7. The quantitative estimate of drug-likeness (QED) is 0.512. The van der Waals surface area contributed by atoms with Crippen molar-refractivity contribution in [3.63, 3.8) is 0 Å². The number of fused-ring (bicyclic) bond motifs is 3. The molecule has 0 amide bonds. The van der Waals surface area contributed by atoms with Gasteiger partial charge in [-0.25, -0.2) is 9.59 Å². The minimum absolute atomic E-state index is 0.233. The molecule has 0 spiro atoms. The summed E-state index contributed by atoms with van der Waals surface area (Å²) >= 11 is 0. The van der Waals surface area contributed by atoms with E-state index < -0.39 is 29.4 Å². The van der Waals surface area contributed by atoms with Crippen molar-refractivity contribution >= 4 is 16.9 Å². The Kier molecular flexibility index (Phi) is 4.16. The SMILES string of the molecule is CC=C(C)C(=O)O[C@H]1[C@H](O)c2c(ccc3ccc(=O)oc23)OC1(C)C. The summed E-state index contributed by atoms with van der Waals surface area (Å²) in [6.45, 7) is 6.82. The Morgan fingerprint density at radius 3 is 2.64 bits per heavy atom. The van der Waals surface area contributed by atoms with E-state index in [1.54, 1.807) is 52.0 Å². The average Bonchev–Trinajstić information content (AvgIpc) is 2.56. The van der Waals surface area contributed by atoms with Gasteiger partial charge in [0.25, 0.3) is 0 Å². The van der Waals surface area contributed by atoms with Crippen molar-refractivity contribution in [1.82, 2.24) is 0 Å². The van der Waals surface area contributed by atoms with Gasteiger partial charge in [-0.15, -0.1) is 0 Å². The van der Waals surface area contributed by atoms with Crippen LogP contribution in [0.25, 0.3) is 11.0 Å². The second kappa shape index (κ2) is 6.04. The first-order valence-corrected chi connectivity index (χ1v) is 8.02. The number of benzene rings is 1. The zero-order valence-electron chi connectivity index (χ0n) is 14.5. The Labute approximate surface area is 144 Å². The first kappa shape index (κ1) is 17.2. The highest BCUT2D eigenvalue weighted by molar-refractivity contribution is 5.88. The fourth-order valence-corrected chi connectivity index (χ4v) is 2.91. The van der Waals surface area contributed by atoms with E-state index in [0.29, 0.717) is 22.3 Å². The number of allylic oxidation sites excluding steroid dienone is 1. The van der Waals surface area contributed by atoms with Crippen LogP contribution in [0.5, 0.6) is 5.75 Å². The topological polar surface area (TPSA) is 86.0 Å². The molecule has 1 N–H and O–H groups in total. The van der Waals surface area contributed by atoms with Gasteiger partial charge in [0.05, 0.1) is 5.56 Å². The van der Waals surface area contributed by atoms with E-state index in [-0.39, 0.29) is 5.58 Å². The summed E-state index contributed by atoms with van der Waals surface area (Å²) in [6.07, 6.45) is -0.520. The minimum Gasteiger partial charge on any atom is -0.483 e. The van der Waals surface area contributed by atoms with Crippen molar-refractivity contribution in [2.45, 2.75) is 45.5 Å². The second-order valence-corrected chi connectivity index (χ2v) is 6.60. The molecule has 1 aliphatic rings. The number of rotatable bonds is 2. The van der Waals surface area contributed by atoms with Crippen LogP contribution in [-0.4, -0.2) is 22.8 Å². The number of hydrogen-bond donors (Lipinski definition) is 1. The van der Waals surface area contributed by atoms with Gasteiger partial charge in [0.1, 0.15) is 23.0 Å². The average molecular weight is 344 g/mol. The molecule has 0 aliphatic carbocycles. The standard InChI is InChI=1S/C19H20O6/c1-5-10(2)18(22)24-17-15(21)14-12(25-19(17,3)4)8-6-11-7-9-13(20)23-16(11)14/h5-9,15,17,21H,1-4H3/t15-,17+/m1/s1. The molecule has 2 heterocycles. The van der Waals surface area contributed by atoms with Crippen LogP contribution in [0.1, 0.15) is 39.4 Å². The zero-order valence-corrected chi connectivity index (χ0v) is 14.5. The largest absolute Gasteiger partial charge is 0.483 e. The van der Waals surface area contributed by atoms with Gasteiger partial charge in [-0.3, -0.25) is 0 Å².